The van der Waals surface area contributed by atoms with Crippen molar-refractivity contribution in [1.29, 1.82) is 0 Å². The maximum absolute atomic E-state index is 15.8. The van der Waals surface area contributed by atoms with Gasteiger partial charge in [0.15, 0.2) is 29.1 Å². The molecule has 0 unspecified atom stereocenters. The molecule has 16 N–H and O–H groups in total. The van der Waals surface area contributed by atoms with Crippen LogP contribution in [-0.4, -0.2) is 157 Å². The molecule has 0 radical (unpaired) electrons. The first-order chi connectivity index (χ1) is 43.2. The van der Waals surface area contributed by atoms with E-state index in [1.807, 2.05) is 36.4 Å². The van der Waals surface area contributed by atoms with Crippen LogP contribution < -0.4 is 20.7 Å². The fourth-order valence-corrected chi connectivity index (χ4v) is 16.2. The zero-order valence-corrected chi connectivity index (χ0v) is 49.8. The number of aryl methyl sites for hydroxylation is 2. The Balaban J connectivity index is 1.05. The van der Waals surface area contributed by atoms with E-state index in [0.29, 0.717) is 91.7 Å². The monoisotopic (exact) mass is 1240 g/mol. The average molecular weight is 1240 g/mol. The predicted molar refractivity (Wildman–Crippen MR) is 327 cm³/mol. The van der Waals surface area contributed by atoms with Crippen LogP contribution in [-0.2, 0) is 50.3 Å². The molecule has 5 aromatic rings. The number of aliphatic carboxylic acids is 1. The summed E-state index contributed by atoms with van der Waals surface area (Å²) in [5.74, 6) is -12.7. The van der Waals surface area contributed by atoms with Gasteiger partial charge in [-0.25, -0.2) is 14.8 Å². The predicted octanol–water partition coefficient (Wildman–Crippen LogP) is 4.47. The van der Waals surface area contributed by atoms with Gasteiger partial charge in [0.05, 0.1) is 37.0 Å². The van der Waals surface area contributed by atoms with Gasteiger partial charge in [0, 0.05) is 77.8 Å². The highest BCUT2D eigenvalue weighted by Gasteiger charge is 2.72. The number of ether oxygens (including phenoxy) is 2. The maximum atomic E-state index is 15.8. The van der Waals surface area contributed by atoms with E-state index in [4.69, 9.17) is 15.2 Å². The van der Waals surface area contributed by atoms with Gasteiger partial charge in [0.2, 0.25) is 5.75 Å². The van der Waals surface area contributed by atoms with Crippen LogP contribution in [0.25, 0.3) is 6.08 Å². The second-order valence-electron chi connectivity index (χ2n) is 25.3. The first kappa shape index (κ1) is 63.7. The number of anilines is 1. The number of aromatic amines is 1. The number of phenolic OH excluding ortho intramolecular Hbond substituents is 4. The lowest BCUT2D eigenvalue weighted by atomic mass is 9.45. The molecule has 4 aliphatic carbocycles. The number of benzene rings is 4. The Hall–Kier alpha value is -7.87. The average Bonchev–Trinajstić information content (AvgIpc) is 1.47. The van der Waals surface area contributed by atoms with Crippen molar-refractivity contribution in [2.45, 2.75) is 156 Å². The molecule has 480 valence electrons. The van der Waals surface area contributed by atoms with Crippen molar-refractivity contribution < 1.29 is 85.1 Å². The van der Waals surface area contributed by atoms with Gasteiger partial charge in [-0.1, -0.05) is 73.4 Å². The quantitative estimate of drug-likeness (QED) is 0.00864. The number of phenols is 4. The van der Waals surface area contributed by atoms with E-state index < -0.39 is 113 Å². The number of nitrogens with zero attached hydrogens (tertiary/aromatic N) is 3. The number of hydrogen-bond acceptors (Lipinski definition) is 18. The number of nitrogens with one attached hydrogen (secondary N) is 2. The number of guanidine groups is 1. The highest BCUT2D eigenvalue weighted by molar-refractivity contribution is 6.14. The number of aldehydes is 1. The zero-order valence-electron chi connectivity index (χ0n) is 49.8. The molecule has 1 saturated heterocycles. The molecule has 11 rings (SSSR count). The zero-order chi connectivity index (χ0) is 63.9. The van der Waals surface area contributed by atoms with Crippen LogP contribution >= 0.6 is 0 Å². The van der Waals surface area contributed by atoms with Gasteiger partial charge in [0.25, 0.3) is 5.91 Å². The summed E-state index contributed by atoms with van der Waals surface area (Å²) in [4.78, 5) is 55.2. The molecule has 4 aromatic carbocycles. The molecule has 23 heteroatoms. The lowest BCUT2D eigenvalue weighted by Gasteiger charge is -2.58. The van der Waals surface area contributed by atoms with E-state index in [1.54, 1.807) is 18.2 Å². The summed E-state index contributed by atoms with van der Waals surface area (Å²) in [6.07, 6.45) is 3.97. The number of carboxylic acid groups (broad SMARTS) is 1. The van der Waals surface area contributed by atoms with Gasteiger partial charge in [0.1, 0.15) is 36.1 Å². The van der Waals surface area contributed by atoms with Gasteiger partial charge < -0.3 is 91.6 Å². The molecule has 6 aliphatic rings. The number of carbonyl (C=O) groups is 3. The van der Waals surface area contributed by atoms with Gasteiger partial charge in [-0.15, -0.1) is 0 Å². The smallest absolute Gasteiger partial charge is 0.355 e. The van der Waals surface area contributed by atoms with Crippen molar-refractivity contribution in [3.63, 3.8) is 0 Å². The van der Waals surface area contributed by atoms with Crippen LogP contribution in [0.5, 0.6) is 28.7 Å². The molecule has 2 saturated carbocycles. The third-order valence-electron chi connectivity index (χ3n) is 20.3. The molecule has 3 heterocycles. The number of aromatic nitrogens is 2. The minimum atomic E-state index is -3.38. The molecule has 2 aliphatic heterocycles. The van der Waals surface area contributed by atoms with Crippen LogP contribution in [0.15, 0.2) is 102 Å². The summed E-state index contributed by atoms with van der Waals surface area (Å²) < 4.78 is 11.2. The van der Waals surface area contributed by atoms with Crippen molar-refractivity contribution in [2.24, 2.45) is 33.9 Å². The number of aliphatic hydroxyl groups excluding tert-OH is 6. The topological polar surface area (TPSA) is 395 Å². The van der Waals surface area contributed by atoms with Crippen molar-refractivity contribution >= 4 is 35.9 Å². The number of aliphatic imine (C=N–C) groups is 1. The molecule has 3 fully saturated rings. The number of allylic oxidation sites excluding steroid dienone is 1. The highest BCUT2D eigenvalue weighted by Crippen LogP contribution is 2.72. The number of hydrogen-bond donors (Lipinski definition) is 15. The number of carbonyl (C=O) groups excluding carboxylic acids is 2. The summed E-state index contributed by atoms with van der Waals surface area (Å²) in [5, 5.41) is 143. The van der Waals surface area contributed by atoms with Crippen LogP contribution in [0.3, 0.4) is 0 Å². The third kappa shape index (κ3) is 11.4. The second-order valence-corrected chi connectivity index (χ2v) is 25.3. The Morgan fingerprint density at radius 3 is 2.42 bits per heavy atom. The second kappa shape index (κ2) is 25.8. The lowest BCUT2D eigenvalue weighted by molar-refractivity contribution is -0.422. The summed E-state index contributed by atoms with van der Waals surface area (Å²) in [5.41, 5.74) is 6.12. The molecule has 90 heavy (non-hydrogen) atoms. The third-order valence-corrected chi connectivity index (χ3v) is 20.3. The lowest BCUT2D eigenvalue weighted by Crippen LogP contribution is -2.67. The first-order valence-corrected chi connectivity index (χ1v) is 31.0. The van der Waals surface area contributed by atoms with E-state index in [9.17, 15) is 66.1 Å². The van der Waals surface area contributed by atoms with Crippen molar-refractivity contribution in [2.75, 3.05) is 24.7 Å². The normalized spacial score (nSPS) is 28.8. The Bertz CT molecular complexity index is 3570. The number of amides is 1. The van der Waals surface area contributed by atoms with Gasteiger partial charge in [-0.2, -0.15) is 0 Å². The maximum Gasteiger partial charge on any atom is 0.355 e. The van der Waals surface area contributed by atoms with Crippen LogP contribution in [0, 0.1) is 23.2 Å². The summed E-state index contributed by atoms with van der Waals surface area (Å²) in [6, 6.07) is 20.3. The van der Waals surface area contributed by atoms with Crippen molar-refractivity contribution in [3.05, 3.63) is 142 Å². The van der Waals surface area contributed by atoms with Crippen LogP contribution in [0.1, 0.15) is 128 Å². The number of rotatable bonds is 22. The van der Waals surface area contributed by atoms with Crippen molar-refractivity contribution in [1.82, 2.24) is 15.3 Å². The summed E-state index contributed by atoms with van der Waals surface area (Å²) in [7, 11) is 0. The largest absolute Gasteiger partial charge is 0.508 e. The molecule has 0 spiro atoms. The van der Waals surface area contributed by atoms with E-state index in [2.05, 4.69) is 20.3 Å². The molecule has 23 nitrogen and oxygen atoms in total. The van der Waals surface area contributed by atoms with Gasteiger partial charge in [-0.05, 0) is 129 Å². The number of nitrogens with two attached hydrogens (primary N) is 1. The number of H-pyrrole nitrogens is 1. The SMILES string of the molecule is NC(=NCc1ccccc1)NCC1(C[C@H](O)CCC2=C[C@]3(C(=O)O)[C@@H](c4c(cc(O[C@]5(O)O[C@H](CO)[C@@H](O)[C@H](O)[C@H]5O)c(O)c4O)N3C(=O)/C=C/c3ccc(O)c(Cc4[nH]cnc4CCC=O)c3)[C@@H]2[C@@]23c4c(O)cccc4CC[C@H]2CCC[C@@H]3CO)CCCC1. The molecule has 1 amide bonds. The van der Waals surface area contributed by atoms with Crippen molar-refractivity contribution in [3.8, 4) is 28.7 Å². The van der Waals surface area contributed by atoms with E-state index in [0.717, 1.165) is 60.1 Å². The fourth-order valence-electron chi connectivity index (χ4n) is 16.2. The Labute approximate surface area is 519 Å². The molecule has 1 aromatic heterocycles. The number of aliphatic hydroxyl groups is 7. The Morgan fingerprint density at radius 1 is 0.911 bits per heavy atom. The molecular weight excluding hydrogens is 1160 g/mol. The Kier molecular flexibility index (Phi) is 18.2. The fraction of sp³-hybridized carbons (Fsp3) is 0.478. The Morgan fingerprint density at radius 2 is 1.69 bits per heavy atom. The minimum Gasteiger partial charge on any atom is -0.508 e. The highest BCUT2D eigenvalue weighted by atomic mass is 16.8. The van der Waals surface area contributed by atoms with Gasteiger partial charge in [-0.3, -0.25) is 9.69 Å². The number of carboxylic acids is 1. The number of aromatic hydroxyl groups is 4. The first-order valence-electron chi connectivity index (χ1n) is 31.0. The number of fused-ring (bicyclic) bond motifs is 6. The molecule has 12 atom stereocenters. The van der Waals surface area contributed by atoms with E-state index in [-0.39, 0.29) is 60.3 Å². The van der Waals surface area contributed by atoms with E-state index in [1.165, 1.54) is 30.6 Å². The number of imidazole rings is 1. The van der Waals surface area contributed by atoms with E-state index >= 15 is 9.59 Å². The van der Waals surface area contributed by atoms with Gasteiger partial charge >= 0.3 is 11.9 Å². The molecule has 0 bridgehead atoms. The summed E-state index contributed by atoms with van der Waals surface area (Å²) in [6.45, 7) is -0.647. The van der Waals surface area contributed by atoms with Crippen LogP contribution in [0.4, 0.5) is 5.69 Å². The summed E-state index contributed by atoms with van der Waals surface area (Å²) >= 11 is 0. The molecular formula is C67H80N6O17. The standard InChI is InChI=1S/C67H80N6O17/c68-63(69-32-38-9-2-1-3-10-38)70-35-64(24-4-5-25-64)31-44(77)21-19-40-30-65(62(86)87)56(55(40)66-42(12-7-13-43(66)33-75)20-18-39-11-6-15-49(79)54(39)66)53-47(29-50(57(81)59(53)83)89-67(88)61(85)60(84)58(82)51(34-76)90-67)73(65)52(80)23-17-37-16-22-48(78)41(27-37)28-46-45(14-8-26-74)71-36-72-46/h1-3,6,9-11,15-17,22-23,26-27,29-30,36,42-44,51,55-56,58,60-61,75-79,81-85,88H,4-5,7-8,12-14,18-21,24-25,28,31-35H2,(H,71,72)(H,86,87)(H3,68,69,70)/b23-17+/t42-,43-,44-,51-,55-,56+,58-,60+,61-,65-,66+,67+/m1/s1. The van der Waals surface area contributed by atoms with Crippen LogP contribution in [0.2, 0.25) is 0 Å². The minimum absolute atomic E-state index is 0.0180.